The molecule has 22 heavy (non-hydrogen) atoms. The molecular weight excluding hydrogens is 274 g/mol. The lowest BCUT2D eigenvalue weighted by atomic mass is 10.0. The lowest BCUT2D eigenvalue weighted by Crippen LogP contribution is -2.36. The highest BCUT2D eigenvalue weighted by atomic mass is 16.2. The first kappa shape index (κ1) is 15.1. The number of hydrogen-bond donors (Lipinski definition) is 1. The van der Waals surface area contributed by atoms with Crippen molar-refractivity contribution < 1.29 is 4.79 Å². The molecule has 1 aromatic heterocycles. The standard InChI is InChI=1S/C18H25N3O/c1-14(21-10-9-18(22)20(2)11-12-21)7-8-15-13-19-17-6-4-3-5-16(15)17/h3-6,13-14,19H,7-12H2,1-2H3. The molecule has 1 unspecified atom stereocenters. The van der Waals surface area contributed by atoms with Crippen LogP contribution in [0.25, 0.3) is 10.9 Å². The van der Waals surface area contributed by atoms with E-state index in [1.165, 1.54) is 16.5 Å². The average Bonchev–Trinajstić information content (AvgIpc) is 2.87. The SMILES string of the molecule is CC(CCc1c[nH]c2ccccc12)N1CCC(=O)N(C)CC1. The summed E-state index contributed by atoms with van der Waals surface area (Å²) < 4.78 is 0. The van der Waals surface area contributed by atoms with Gasteiger partial charge in [0.05, 0.1) is 0 Å². The molecule has 0 bridgehead atoms. The van der Waals surface area contributed by atoms with Crippen LogP contribution in [0, 0.1) is 0 Å². The summed E-state index contributed by atoms with van der Waals surface area (Å²) in [6.07, 6.45) is 4.98. The fourth-order valence-corrected chi connectivity index (χ4v) is 3.27. The quantitative estimate of drug-likeness (QED) is 0.942. The van der Waals surface area contributed by atoms with Gasteiger partial charge in [-0.1, -0.05) is 18.2 Å². The van der Waals surface area contributed by atoms with Gasteiger partial charge in [-0.2, -0.15) is 0 Å². The van der Waals surface area contributed by atoms with Crippen LogP contribution in [0.4, 0.5) is 0 Å². The number of benzene rings is 1. The third kappa shape index (κ3) is 3.17. The van der Waals surface area contributed by atoms with Gasteiger partial charge in [0, 0.05) is 56.2 Å². The maximum atomic E-state index is 11.8. The zero-order valence-corrected chi connectivity index (χ0v) is 13.5. The first-order valence-electron chi connectivity index (χ1n) is 8.18. The predicted molar refractivity (Wildman–Crippen MR) is 89.9 cm³/mol. The maximum Gasteiger partial charge on any atom is 0.223 e. The Bertz CT molecular complexity index is 649. The Balaban J connectivity index is 1.60. The van der Waals surface area contributed by atoms with Gasteiger partial charge in [-0.15, -0.1) is 0 Å². The number of carbonyl (C=O) groups excluding carboxylic acids is 1. The summed E-state index contributed by atoms with van der Waals surface area (Å²) in [4.78, 5) is 19.4. The molecule has 3 rings (SSSR count). The number of H-pyrrole nitrogens is 1. The van der Waals surface area contributed by atoms with Gasteiger partial charge in [-0.3, -0.25) is 9.69 Å². The van der Waals surface area contributed by atoms with E-state index in [1.807, 2.05) is 11.9 Å². The Morgan fingerprint density at radius 1 is 1.23 bits per heavy atom. The maximum absolute atomic E-state index is 11.8. The number of para-hydroxylation sites is 1. The molecule has 1 aliphatic rings. The van der Waals surface area contributed by atoms with Crippen LogP contribution in [0.1, 0.15) is 25.3 Å². The van der Waals surface area contributed by atoms with E-state index in [-0.39, 0.29) is 5.91 Å². The molecule has 118 valence electrons. The second-order valence-corrected chi connectivity index (χ2v) is 6.35. The molecule has 4 nitrogen and oxygen atoms in total. The van der Waals surface area contributed by atoms with Crippen LogP contribution >= 0.6 is 0 Å². The van der Waals surface area contributed by atoms with Gasteiger partial charge >= 0.3 is 0 Å². The van der Waals surface area contributed by atoms with Gasteiger partial charge in [-0.25, -0.2) is 0 Å². The Hall–Kier alpha value is -1.81. The Morgan fingerprint density at radius 2 is 2.05 bits per heavy atom. The zero-order valence-electron chi connectivity index (χ0n) is 13.5. The predicted octanol–water partition coefficient (Wildman–Crippen LogP) is 2.65. The number of likely N-dealkylation sites (N-methyl/N-ethyl adjacent to an activating group) is 1. The zero-order chi connectivity index (χ0) is 15.5. The molecule has 2 aromatic rings. The van der Waals surface area contributed by atoms with E-state index in [4.69, 9.17) is 0 Å². The molecule has 1 saturated heterocycles. The fraction of sp³-hybridized carbons (Fsp3) is 0.500. The van der Waals surface area contributed by atoms with E-state index in [0.29, 0.717) is 12.5 Å². The third-order valence-corrected chi connectivity index (χ3v) is 4.89. The van der Waals surface area contributed by atoms with Crippen LogP contribution in [0.2, 0.25) is 0 Å². The molecule has 1 amide bonds. The number of rotatable bonds is 4. The number of aromatic amines is 1. The van der Waals surface area contributed by atoms with Gasteiger partial charge in [0.25, 0.3) is 0 Å². The Kier molecular flexibility index (Phi) is 4.48. The van der Waals surface area contributed by atoms with Gasteiger partial charge in [0.15, 0.2) is 0 Å². The molecule has 0 radical (unpaired) electrons. The smallest absolute Gasteiger partial charge is 0.223 e. The molecule has 0 saturated carbocycles. The largest absolute Gasteiger partial charge is 0.361 e. The number of carbonyl (C=O) groups is 1. The number of hydrogen-bond acceptors (Lipinski definition) is 2. The van der Waals surface area contributed by atoms with Crippen molar-refractivity contribution in [1.29, 1.82) is 0 Å². The van der Waals surface area contributed by atoms with Crippen molar-refractivity contribution in [2.75, 3.05) is 26.7 Å². The van der Waals surface area contributed by atoms with Crippen molar-refractivity contribution >= 4 is 16.8 Å². The number of nitrogens with one attached hydrogen (secondary N) is 1. The monoisotopic (exact) mass is 299 g/mol. The first-order chi connectivity index (χ1) is 10.6. The minimum absolute atomic E-state index is 0.270. The molecule has 1 aromatic carbocycles. The number of fused-ring (bicyclic) bond motifs is 1. The van der Waals surface area contributed by atoms with E-state index in [9.17, 15) is 4.79 Å². The molecular formula is C18H25N3O. The van der Waals surface area contributed by atoms with Gasteiger partial charge < -0.3 is 9.88 Å². The van der Waals surface area contributed by atoms with E-state index >= 15 is 0 Å². The Labute approximate surface area is 132 Å². The van der Waals surface area contributed by atoms with Crippen LogP contribution < -0.4 is 0 Å². The molecule has 2 heterocycles. The van der Waals surface area contributed by atoms with Crippen LogP contribution in [0.5, 0.6) is 0 Å². The summed E-state index contributed by atoms with van der Waals surface area (Å²) >= 11 is 0. The van der Waals surface area contributed by atoms with E-state index in [0.717, 1.165) is 32.5 Å². The van der Waals surface area contributed by atoms with Crippen LogP contribution in [0.3, 0.4) is 0 Å². The van der Waals surface area contributed by atoms with E-state index < -0.39 is 0 Å². The van der Waals surface area contributed by atoms with Gasteiger partial charge in [0.1, 0.15) is 0 Å². The molecule has 1 N–H and O–H groups in total. The molecule has 0 spiro atoms. The van der Waals surface area contributed by atoms with Crippen LogP contribution in [0.15, 0.2) is 30.5 Å². The van der Waals surface area contributed by atoms with Crippen molar-refractivity contribution in [2.24, 2.45) is 0 Å². The fourth-order valence-electron chi connectivity index (χ4n) is 3.27. The first-order valence-corrected chi connectivity index (χ1v) is 8.18. The van der Waals surface area contributed by atoms with Crippen LogP contribution in [-0.4, -0.2) is 53.4 Å². The minimum Gasteiger partial charge on any atom is -0.361 e. The minimum atomic E-state index is 0.270. The average molecular weight is 299 g/mol. The summed E-state index contributed by atoms with van der Waals surface area (Å²) in [5.41, 5.74) is 2.61. The lowest BCUT2D eigenvalue weighted by molar-refractivity contribution is -0.129. The molecule has 1 fully saturated rings. The third-order valence-electron chi connectivity index (χ3n) is 4.89. The molecule has 4 heteroatoms. The van der Waals surface area contributed by atoms with Crippen molar-refractivity contribution in [1.82, 2.24) is 14.8 Å². The van der Waals surface area contributed by atoms with Gasteiger partial charge in [0.2, 0.25) is 5.91 Å². The summed E-state index contributed by atoms with van der Waals surface area (Å²) in [6, 6.07) is 8.98. The topological polar surface area (TPSA) is 39.3 Å². The van der Waals surface area contributed by atoms with E-state index in [1.54, 1.807) is 0 Å². The highest BCUT2D eigenvalue weighted by Gasteiger charge is 2.21. The summed E-state index contributed by atoms with van der Waals surface area (Å²) in [7, 11) is 1.91. The second kappa shape index (κ2) is 6.53. The van der Waals surface area contributed by atoms with Crippen molar-refractivity contribution in [3.8, 4) is 0 Å². The summed E-state index contributed by atoms with van der Waals surface area (Å²) in [6.45, 7) is 5.00. The number of amides is 1. The number of aromatic nitrogens is 1. The molecule has 1 atom stereocenters. The van der Waals surface area contributed by atoms with E-state index in [2.05, 4.69) is 47.3 Å². The number of aryl methyl sites for hydroxylation is 1. The van der Waals surface area contributed by atoms with Crippen molar-refractivity contribution in [2.45, 2.75) is 32.2 Å². The van der Waals surface area contributed by atoms with Crippen LogP contribution in [-0.2, 0) is 11.2 Å². The Morgan fingerprint density at radius 3 is 2.91 bits per heavy atom. The second-order valence-electron chi connectivity index (χ2n) is 6.35. The summed E-state index contributed by atoms with van der Waals surface area (Å²) in [5, 5.41) is 1.33. The normalized spacial score (nSPS) is 18.6. The summed E-state index contributed by atoms with van der Waals surface area (Å²) in [5.74, 6) is 0.270. The molecule has 0 aliphatic carbocycles. The molecule has 1 aliphatic heterocycles. The number of nitrogens with zero attached hydrogens (tertiary/aromatic N) is 2. The van der Waals surface area contributed by atoms with Crippen molar-refractivity contribution in [3.63, 3.8) is 0 Å². The van der Waals surface area contributed by atoms with Crippen molar-refractivity contribution in [3.05, 3.63) is 36.0 Å². The van der Waals surface area contributed by atoms with Gasteiger partial charge in [-0.05, 0) is 31.4 Å². The highest BCUT2D eigenvalue weighted by molar-refractivity contribution is 5.83. The lowest BCUT2D eigenvalue weighted by Gasteiger charge is -2.27. The highest BCUT2D eigenvalue weighted by Crippen LogP contribution is 2.20.